The third-order valence-corrected chi connectivity index (χ3v) is 12.9. The van der Waals surface area contributed by atoms with E-state index in [2.05, 4.69) is 30.6 Å². The van der Waals surface area contributed by atoms with E-state index in [0.717, 1.165) is 68.6 Å². The lowest BCUT2D eigenvalue weighted by Crippen LogP contribution is -2.25. The molecule has 0 spiro atoms. The Balaban J connectivity index is 0.000000140. The molecule has 0 bridgehead atoms. The van der Waals surface area contributed by atoms with Gasteiger partial charge in [0.1, 0.15) is 17.9 Å². The topological polar surface area (TPSA) is 221 Å². The molecule has 3 aromatic carbocycles. The van der Waals surface area contributed by atoms with Crippen molar-refractivity contribution in [2.75, 3.05) is 18.9 Å². The summed E-state index contributed by atoms with van der Waals surface area (Å²) in [5.74, 6) is 1.12. The van der Waals surface area contributed by atoms with Crippen molar-refractivity contribution in [1.82, 2.24) is 43.8 Å². The highest BCUT2D eigenvalue weighted by atomic mass is 35.5. The second-order valence-electron chi connectivity index (χ2n) is 15.4. The highest BCUT2D eigenvalue weighted by Gasteiger charge is 2.24. The first-order valence-corrected chi connectivity index (χ1v) is 23.0. The van der Waals surface area contributed by atoms with E-state index in [9.17, 15) is 4.79 Å². The minimum absolute atomic E-state index is 0.0228. The Morgan fingerprint density at radius 1 is 0.567 bits per heavy atom. The zero-order chi connectivity index (χ0) is 47.4. The van der Waals surface area contributed by atoms with Crippen molar-refractivity contribution in [1.29, 1.82) is 0 Å². The molecule has 0 aliphatic carbocycles. The lowest BCUT2D eigenvalue weighted by atomic mass is 9.93. The van der Waals surface area contributed by atoms with Gasteiger partial charge in [-0.3, -0.25) is 18.0 Å². The van der Waals surface area contributed by atoms with Gasteiger partial charge < -0.3 is 27.7 Å². The molecule has 0 radical (unpaired) electrons. The number of Topliss-reactive ketones (excluding diaryl/α,β-unsaturated/α-hetero) is 1. The molecule has 15 nitrogen and oxygen atoms in total. The molecule has 344 valence electrons. The number of nitrogens with two attached hydrogens (primary N) is 4. The van der Waals surface area contributed by atoms with E-state index >= 15 is 0 Å². The number of carbonyl (C=O) groups is 1. The minimum atomic E-state index is 0.0228. The van der Waals surface area contributed by atoms with Crippen LogP contribution >= 0.6 is 69.6 Å². The first kappa shape index (κ1) is 48.0. The fourth-order valence-electron chi connectivity index (χ4n) is 7.72. The Bertz CT molecular complexity index is 3260. The molecule has 1 aliphatic heterocycles. The highest BCUT2D eigenvalue weighted by Crippen LogP contribution is 2.36. The van der Waals surface area contributed by atoms with Crippen LogP contribution in [0, 0.1) is 5.92 Å². The standard InChI is InChI=1S/C20H20Cl2N4O2.C13H11Cl2N5.C13H10Cl2N4/c21-14-1-2-15(17(22)8-14)16-11-26-19(7-13(16)10-23)24-25-20(26)9-18(27)12-3-5-28-6-4-12;14-8-1-2-9(11(15)4-8)10-6-20-12(3-7(10)5-16)18-19-13(20)17;14-9-1-2-10(12(15)4-9)11-6-19-7-17-18-13(19)3-8(11)5-16/h1-2,7-8,11-12H,3-6,9-10,23H2;1-4,6H,5,16H2,(H2,17,19);1-4,6-7H,5,16H2. The summed E-state index contributed by atoms with van der Waals surface area (Å²) in [6.07, 6.45) is 9.06. The van der Waals surface area contributed by atoms with Crippen LogP contribution in [0.2, 0.25) is 30.1 Å². The van der Waals surface area contributed by atoms with Crippen LogP contribution in [-0.2, 0) is 35.6 Å². The second kappa shape index (κ2) is 21.3. The van der Waals surface area contributed by atoms with Crippen LogP contribution in [0.15, 0.2) is 97.7 Å². The molecule has 0 unspecified atom stereocenters. The fourth-order valence-corrected chi connectivity index (χ4v) is 9.25. The van der Waals surface area contributed by atoms with Gasteiger partial charge in [-0.25, -0.2) is 0 Å². The normalized spacial score (nSPS) is 12.9. The third kappa shape index (κ3) is 10.7. The van der Waals surface area contributed by atoms with Crippen molar-refractivity contribution in [2.45, 2.75) is 38.9 Å². The van der Waals surface area contributed by atoms with Crippen molar-refractivity contribution in [3.05, 3.63) is 150 Å². The molecule has 9 aromatic rings. The largest absolute Gasteiger partial charge is 0.381 e. The van der Waals surface area contributed by atoms with Gasteiger partial charge in [0, 0.05) is 121 Å². The van der Waals surface area contributed by atoms with Crippen LogP contribution in [0.1, 0.15) is 35.4 Å². The summed E-state index contributed by atoms with van der Waals surface area (Å²) in [6.45, 7) is 2.36. The van der Waals surface area contributed by atoms with E-state index in [0.29, 0.717) is 86.1 Å². The number of nitrogens with zero attached hydrogens (tertiary/aromatic N) is 9. The molecule has 7 heterocycles. The SMILES string of the molecule is NCc1cc2nnc(CC(=O)C3CCOCC3)n2cc1-c1ccc(Cl)cc1Cl.NCc1cc2nnc(N)n2cc1-c1ccc(Cl)cc1Cl.NCc1cc2nncn2cc1-c1ccc(Cl)cc1Cl. The number of halogens is 6. The predicted molar refractivity (Wildman–Crippen MR) is 266 cm³/mol. The van der Waals surface area contributed by atoms with Gasteiger partial charge in [-0.2, -0.15) is 0 Å². The minimum Gasteiger partial charge on any atom is -0.381 e. The number of carbonyl (C=O) groups excluding carboxylic acids is 1. The Morgan fingerprint density at radius 2 is 1.03 bits per heavy atom. The lowest BCUT2D eigenvalue weighted by molar-refractivity contribution is -0.125. The van der Waals surface area contributed by atoms with Gasteiger partial charge in [0.25, 0.3) is 0 Å². The van der Waals surface area contributed by atoms with Crippen LogP contribution < -0.4 is 22.9 Å². The zero-order valence-corrected chi connectivity index (χ0v) is 39.9. The predicted octanol–water partition coefficient (Wildman–Crippen LogP) is 9.61. The maximum absolute atomic E-state index is 12.7. The summed E-state index contributed by atoms with van der Waals surface area (Å²) in [7, 11) is 0. The van der Waals surface area contributed by atoms with Crippen LogP contribution in [0.25, 0.3) is 50.3 Å². The van der Waals surface area contributed by atoms with Crippen molar-refractivity contribution < 1.29 is 9.53 Å². The zero-order valence-electron chi connectivity index (χ0n) is 35.4. The quantitative estimate of drug-likeness (QED) is 0.106. The lowest BCUT2D eigenvalue weighted by Gasteiger charge is -2.20. The average Bonchev–Trinajstić information content (AvgIpc) is 4.06. The number of ether oxygens (including phenoxy) is 1. The summed E-state index contributed by atoms with van der Waals surface area (Å²) in [4.78, 5) is 12.7. The van der Waals surface area contributed by atoms with E-state index in [1.54, 1.807) is 47.1 Å². The third-order valence-electron chi connectivity index (χ3n) is 11.2. The van der Waals surface area contributed by atoms with Gasteiger partial charge in [-0.1, -0.05) is 87.8 Å². The van der Waals surface area contributed by atoms with E-state index < -0.39 is 0 Å². The Morgan fingerprint density at radius 3 is 1.54 bits per heavy atom. The molecule has 0 atom stereocenters. The number of hydrogen-bond acceptors (Lipinski definition) is 12. The maximum atomic E-state index is 12.7. The Labute approximate surface area is 413 Å². The van der Waals surface area contributed by atoms with Crippen LogP contribution in [-0.4, -0.2) is 62.8 Å². The Kier molecular flexibility index (Phi) is 15.2. The van der Waals surface area contributed by atoms with Gasteiger partial charge >= 0.3 is 0 Å². The summed E-state index contributed by atoms with van der Waals surface area (Å²) < 4.78 is 10.7. The number of rotatable bonds is 9. The summed E-state index contributed by atoms with van der Waals surface area (Å²) in [6, 6.07) is 21.7. The van der Waals surface area contributed by atoms with Crippen LogP contribution in [0.5, 0.6) is 0 Å². The van der Waals surface area contributed by atoms with E-state index in [4.69, 9.17) is 97.3 Å². The highest BCUT2D eigenvalue weighted by molar-refractivity contribution is 6.37. The van der Waals surface area contributed by atoms with Crippen molar-refractivity contribution in [3.63, 3.8) is 0 Å². The fraction of sp³-hybridized carbons (Fsp3) is 0.196. The number of fused-ring (bicyclic) bond motifs is 3. The molecule has 0 saturated carbocycles. The number of anilines is 1. The number of hydrogen-bond donors (Lipinski definition) is 4. The number of nitrogen functional groups attached to an aromatic ring is 1. The number of benzene rings is 3. The van der Waals surface area contributed by atoms with Gasteiger partial charge in [-0.15, -0.1) is 30.6 Å². The molecule has 10 rings (SSSR count). The maximum Gasteiger partial charge on any atom is 0.226 e. The summed E-state index contributed by atoms with van der Waals surface area (Å²) in [5, 5.41) is 27.6. The Hall–Kier alpha value is -5.43. The van der Waals surface area contributed by atoms with Crippen molar-refractivity contribution >= 4 is 98.3 Å². The average molecular weight is 1020 g/mol. The molecule has 67 heavy (non-hydrogen) atoms. The first-order chi connectivity index (χ1) is 32.3. The van der Waals surface area contributed by atoms with Gasteiger partial charge in [-0.05, 0) is 84.1 Å². The molecular formula is C46H41Cl6N13O2. The first-order valence-electron chi connectivity index (χ1n) is 20.7. The van der Waals surface area contributed by atoms with Gasteiger partial charge in [0.05, 0.1) is 6.42 Å². The monoisotopic (exact) mass is 1020 g/mol. The molecule has 6 aromatic heterocycles. The van der Waals surface area contributed by atoms with Gasteiger partial charge in [0.2, 0.25) is 5.95 Å². The second-order valence-corrected chi connectivity index (χ2v) is 17.9. The van der Waals surface area contributed by atoms with Gasteiger partial charge in [0.15, 0.2) is 16.9 Å². The summed E-state index contributed by atoms with van der Waals surface area (Å²) in [5.41, 5.74) is 33.4. The molecule has 0 amide bonds. The molecule has 1 saturated heterocycles. The van der Waals surface area contributed by atoms with Crippen molar-refractivity contribution in [3.8, 4) is 33.4 Å². The summed E-state index contributed by atoms with van der Waals surface area (Å²) >= 11 is 36.8. The van der Waals surface area contributed by atoms with E-state index in [1.165, 1.54) is 0 Å². The van der Waals surface area contributed by atoms with Crippen molar-refractivity contribution in [2.24, 2.45) is 23.1 Å². The molecule has 21 heteroatoms. The smallest absolute Gasteiger partial charge is 0.226 e. The molecule has 8 N–H and O–H groups in total. The van der Waals surface area contributed by atoms with Crippen LogP contribution in [0.4, 0.5) is 5.95 Å². The number of ketones is 1. The van der Waals surface area contributed by atoms with E-state index in [-0.39, 0.29) is 18.1 Å². The molecular weight excluding hydrogens is 979 g/mol. The number of pyridine rings is 3. The number of aromatic nitrogens is 9. The van der Waals surface area contributed by atoms with E-state index in [1.807, 2.05) is 63.8 Å². The molecule has 1 fully saturated rings. The molecule has 1 aliphatic rings. The van der Waals surface area contributed by atoms with Crippen LogP contribution in [0.3, 0.4) is 0 Å².